The van der Waals surface area contributed by atoms with Crippen LogP contribution in [0.4, 0.5) is 11.4 Å². The fourth-order valence-electron chi connectivity index (χ4n) is 2.54. The van der Waals surface area contributed by atoms with E-state index in [4.69, 9.17) is 4.74 Å². The summed E-state index contributed by atoms with van der Waals surface area (Å²) in [4.78, 5) is 25.6. The van der Waals surface area contributed by atoms with Gasteiger partial charge in [-0.2, -0.15) is 0 Å². The number of aryl methyl sites for hydroxylation is 1. The van der Waals surface area contributed by atoms with Gasteiger partial charge in [-0.1, -0.05) is 13.8 Å². The molecule has 1 N–H and O–H groups in total. The molecule has 1 aromatic rings. The summed E-state index contributed by atoms with van der Waals surface area (Å²) >= 11 is 0. The van der Waals surface area contributed by atoms with Gasteiger partial charge in [-0.3, -0.25) is 9.59 Å². The molecule has 1 aliphatic rings. The van der Waals surface area contributed by atoms with E-state index in [9.17, 15) is 9.59 Å². The van der Waals surface area contributed by atoms with E-state index < -0.39 is 0 Å². The number of methoxy groups -OCH3 is 1. The van der Waals surface area contributed by atoms with Crippen molar-refractivity contribution in [3.05, 3.63) is 23.8 Å². The summed E-state index contributed by atoms with van der Waals surface area (Å²) in [6, 6.07) is 5.69. The Labute approximate surface area is 125 Å². The lowest BCUT2D eigenvalue weighted by Gasteiger charge is -2.31. The third-order valence-corrected chi connectivity index (χ3v) is 3.52. The first-order valence-corrected chi connectivity index (χ1v) is 7.26. The lowest BCUT2D eigenvalue weighted by molar-refractivity contribution is -0.121. The van der Waals surface area contributed by atoms with Crippen LogP contribution in [0.5, 0.6) is 0 Å². The SMILES string of the molecule is COCC(=O)Nc1ccc2c(c1)CCCN2C(=O)C(C)C. The van der Waals surface area contributed by atoms with Crippen LogP contribution in [0.25, 0.3) is 0 Å². The standard InChI is InChI=1S/C16H22N2O3/c1-11(2)16(20)18-8-4-5-12-9-13(6-7-14(12)18)17-15(19)10-21-3/h6-7,9,11H,4-5,8,10H2,1-3H3,(H,17,19). The maximum atomic E-state index is 12.2. The first kappa shape index (κ1) is 15.5. The van der Waals surface area contributed by atoms with E-state index in [2.05, 4.69) is 5.32 Å². The van der Waals surface area contributed by atoms with Gasteiger partial charge in [-0.25, -0.2) is 0 Å². The normalized spacial score (nSPS) is 14.0. The molecular weight excluding hydrogens is 268 g/mol. The van der Waals surface area contributed by atoms with Crippen molar-refractivity contribution in [2.24, 2.45) is 5.92 Å². The van der Waals surface area contributed by atoms with Crippen LogP contribution in [0, 0.1) is 5.92 Å². The number of nitrogens with zero attached hydrogens (tertiary/aromatic N) is 1. The van der Waals surface area contributed by atoms with Gasteiger partial charge in [-0.15, -0.1) is 0 Å². The molecule has 5 heteroatoms. The van der Waals surface area contributed by atoms with Crippen LogP contribution in [-0.4, -0.2) is 32.1 Å². The molecule has 114 valence electrons. The quantitative estimate of drug-likeness (QED) is 0.925. The average Bonchev–Trinajstić information content (AvgIpc) is 2.45. The second kappa shape index (κ2) is 6.72. The number of anilines is 2. The van der Waals surface area contributed by atoms with Crippen LogP contribution in [0.3, 0.4) is 0 Å². The zero-order valence-electron chi connectivity index (χ0n) is 12.8. The summed E-state index contributed by atoms with van der Waals surface area (Å²) in [5.74, 6) is -0.0486. The van der Waals surface area contributed by atoms with Gasteiger partial charge in [0.05, 0.1) is 0 Å². The van der Waals surface area contributed by atoms with Crippen molar-refractivity contribution in [1.82, 2.24) is 0 Å². The fourth-order valence-corrected chi connectivity index (χ4v) is 2.54. The zero-order valence-corrected chi connectivity index (χ0v) is 12.8. The molecule has 2 amide bonds. The van der Waals surface area contributed by atoms with Crippen LogP contribution >= 0.6 is 0 Å². The predicted molar refractivity (Wildman–Crippen MR) is 82.5 cm³/mol. The van der Waals surface area contributed by atoms with Gasteiger partial charge in [0.25, 0.3) is 0 Å². The number of amides is 2. The Hall–Kier alpha value is -1.88. The minimum absolute atomic E-state index is 0.0166. The maximum absolute atomic E-state index is 12.2. The highest BCUT2D eigenvalue weighted by molar-refractivity contribution is 5.97. The van der Waals surface area contributed by atoms with Crippen LogP contribution < -0.4 is 10.2 Å². The first-order chi connectivity index (χ1) is 10.0. The summed E-state index contributed by atoms with van der Waals surface area (Å²) < 4.78 is 4.80. The van der Waals surface area contributed by atoms with E-state index in [1.807, 2.05) is 36.9 Å². The highest BCUT2D eigenvalue weighted by Gasteiger charge is 2.24. The van der Waals surface area contributed by atoms with E-state index in [0.717, 1.165) is 36.3 Å². The molecule has 0 unspecified atom stereocenters. The molecule has 0 fully saturated rings. The minimum Gasteiger partial charge on any atom is -0.375 e. The van der Waals surface area contributed by atoms with Crippen LogP contribution in [0.2, 0.25) is 0 Å². The summed E-state index contributed by atoms with van der Waals surface area (Å²) in [6.45, 7) is 4.63. The largest absolute Gasteiger partial charge is 0.375 e. The Morgan fingerprint density at radius 2 is 2.14 bits per heavy atom. The summed E-state index contributed by atoms with van der Waals surface area (Å²) in [5, 5.41) is 2.79. The van der Waals surface area contributed by atoms with E-state index in [-0.39, 0.29) is 24.3 Å². The summed E-state index contributed by atoms with van der Waals surface area (Å²) in [7, 11) is 1.49. The molecule has 0 radical (unpaired) electrons. The van der Waals surface area contributed by atoms with Gasteiger partial charge in [0, 0.05) is 30.9 Å². The van der Waals surface area contributed by atoms with Gasteiger partial charge >= 0.3 is 0 Å². The van der Waals surface area contributed by atoms with Crippen molar-refractivity contribution >= 4 is 23.2 Å². The maximum Gasteiger partial charge on any atom is 0.250 e. The average molecular weight is 290 g/mol. The molecule has 0 bridgehead atoms. The van der Waals surface area contributed by atoms with Crippen LogP contribution in [-0.2, 0) is 20.7 Å². The fraction of sp³-hybridized carbons (Fsp3) is 0.500. The Morgan fingerprint density at radius 1 is 1.38 bits per heavy atom. The molecule has 0 saturated carbocycles. The van der Waals surface area contributed by atoms with Gasteiger partial charge in [0.15, 0.2) is 0 Å². The lowest BCUT2D eigenvalue weighted by atomic mass is 9.99. The summed E-state index contributed by atoms with van der Waals surface area (Å²) in [6.07, 6.45) is 1.87. The van der Waals surface area contributed by atoms with Crippen molar-refractivity contribution in [3.8, 4) is 0 Å². The van der Waals surface area contributed by atoms with Crippen molar-refractivity contribution < 1.29 is 14.3 Å². The van der Waals surface area contributed by atoms with E-state index in [1.54, 1.807) is 0 Å². The molecule has 0 atom stereocenters. The third kappa shape index (κ3) is 3.61. The number of carbonyl (C=O) groups excluding carboxylic acids is 2. The topological polar surface area (TPSA) is 58.6 Å². The lowest BCUT2D eigenvalue weighted by Crippen LogP contribution is -2.38. The number of hydrogen-bond acceptors (Lipinski definition) is 3. The van der Waals surface area contributed by atoms with Gasteiger partial charge < -0.3 is 15.0 Å². The monoisotopic (exact) mass is 290 g/mol. The van der Waals surface area contributed by atoms with Crippen molar-refractivity contribution in [2.45, 2.75) is 26.7 Å². The zero-order chi connectivity index (χ0) is 15.4. The van der Waals surface area contributed by atoms with Gasteiger partial charge in [0.2, 0.25) is 11.8 Å². The molecule has 1 aliphatic heterocycles. The first-order valence-electron chi connectivity index (χ1n) is 7.26. The molecule has 21 heavy (non-hydrogen) atoms. The van der Waals surface area contributed by atoms with E-state index in [0.29, 0.717) is 0 Å². The molecule has 1 heterocycles. The second-order valence-electron chi connectivity index (χ2n) is 5.57. The van der Waals surface area contributed by atoms with Crippen LogP contribution in [0.1, 0.15) is 25.8 Å². The highest BCUT2D eigenvalue weighted by Crippen LogP contribution is 2.30. The number of rotatable bonds is 4. The molecule has 0 spiro atoms. The molecule has 2 rings (SSSR count). The molecule has 0 saturated heterocycles. The van der Waals surface area contributed by atoms with E-state index in [1.165, 1.54) is 7.11 Å². The molecule has 5 nitrogen and oxygen atoms in total. The Kier molecular flexibility index (Phi) is 4.96. The number of ether oxygens (including phenoxy) is 1. The van der Waals surface area contributed by atoms with Crippen LogP contribution in [0.15, 0.2) is 18.2 Å². The van der Waals surface area contributed by atoms with Gasteiger partial charge in [-0.05, 0) is 36.6 Å². The number of fused-ring (bicyclic) bond motifs is 1. The molecular formula is C16H22N2O3. The summed E-state index contributed by atoms with van der Waals surface area (Å²) in [5.41, 5.74) is 2.81. The van der Waals surface area contributed by atoms with Crippen molar-refractivity contribution in [2.75, 3.05) is 30.5 Å². The number of nitrogens with one attached hydrogen (secondary N) is 1. The minimum atomic E-state index is -0.177. The molecule has 1 aromatic carbocycles. The third-order valence-electron chi connectivity index (χ3n) is 3.52. The second-order valence-corrected chi connectivity index (χ2v) is 5.57. The van der Waals surface area contributed by atoms with Gasteiger partial charge in [0.1, 0.15) is 6.61 Å². The Balaban J connectivity index is 2.20. The molecule has 0 aliphatic carbocycles. The molecule has 0 aromatic heterocycles. The van der Waals surface area contributed by atoms with Crippen molar-refractivity contribution in [1.29, 1.82) is 0 Å². The van der Waals surface area contributed by atoms with E-state index >= 15 is 0 Å². The highest BCUT2D eigenvalue weighted by atomic mass is 16.5. The van der Waals surface area contributed by atoms with Crippen molar-refractivity contribution in [3.63, 3.8) is 0 Å². The number of benzene rings is 1. The Morgan fingerprint density at radius 3 is 2.81 bits per heavy atom. The number of hydrogen-bond donors (Lipinski definition) is 1. The number of carbonyl (C=O) groups is 2. The Bertz CT molecular complexity index is 540. The predicted octanol–water partition coefficient (Wildman–Crippen LogP) is 2.21. The smallest absolute Gasteiger partial charge is 0.250 e.